The van der Waals surface area contributed by atoms with Gasteiger partial charge in [-0.25, -0.2) is 0 Å². The zero-order valence-corrected chi connectivity index (χ0v) is 12.4. The molecule has 5 heteroatoms. The van der Waals surface area contributed by atoms with Crippen molar-refractivity contribution in [3.05, 3.63) is 53.6 Å². The monoisotopic (exact) mass is 296 g/mol. The first-order valence-electron chi connectivity index (χ1n) is 6.80. The molecule has 0 saturated heterocycles. The molecule has 0 spiro atoms. The van der Waals surface area contributed by atoms with Gasteiger partial charge in [0, 0.05) is 17.3 Å². The number of nitriles is 1. The predicted octanol–water partition coefficient (Wildman–Crippen LogP) is 3.22. The molecule has 0 atom stereocenters. The molecule has 0 fully saturated rings. The lowest BCUT2D eigenvalue weighted by molar-refractivity contribution is 0.102. The summed E-state index contributed by atoms with van der Waals surface area (Å²) < 4.78 is 10.7. The highest BCUT2D eigenvalue weighted by atomic mass is 16.5. The van der Waals surface area contributed by atoms with Crippen molar-refractivity contribution in [3.63, 3.8) is 0 Å². The Morgan fingerprint density at radius 2 is 2.05 bits per heavy atom. The van der Waals surface area contributed by atoms with Gasteiger partial charge in [0.15, 0.2) is 11.5 Å². The highest BCUT2D eigenvalue weighted by Crippen LogP contribution is 2.30. The average molecular weight is 296 g/mol. The van der Waals surface area contributed by atoms with Gasteiger partial charge < -0.3 is 14.8 Å². The van der Waals surface area contributed by atoms with Crippen molar-refractivity contribution in [2.75, 3.05) is 19.0 Å². The van der Waals surface area contributed by atoms with E-state index in [1.54, 1.807) is 49.6 Å². The smallest absolute Gasteiger partial charge is 0.255 e. The standard InChI is InChI=1S/C17H16N2O3/c1-3-22-15-8-7-14(10-16(15)21-2)19-17(20)13-6-4-5-12(9-13)11-18/h4-10H,3H2,1-2H3,(H,19,20). The molecule has 0 saturated carbocycles. The Morgan fingerprint density at radius 3 is 2.73 bits per heavy atom. The minimum atomic E-state index is -0.289. The number of ether oxygens (including phenoxy) is 2. The van der Waals surface area contributed by atoms with Gasteiger partial charge in [0.05, 0.1) is 25.3 Å². The highest BCUT2D eigenvalue weighted by molar-refractivity contribution is 6.04. The minimum absolute atomic E-state index is 0.289. The largest absolute Gasteiger partial charge is 0.493 e. The summed E-state index contributed by atoms with van der Waals surface area (Å²) in [6, 6.07) is 13.7. The topological polar surface area (TPSA) is 71.3 Å². The molecule has 0 unspecified atom stereocenters. The molecule has 0 radical (unpaired) electrons. The van der Waals surface area contributed by atoms with E-state index in [2.05, 4.69) is 5.32 Å². The summed E-state index contributed by atoms with van der Waals surface area (Å²) in [5.41, 5.74) is 1.46. The number of rotatable bonds is 5. The quantitative estimate of drug-likeness (QED) is 0.919. The summed E-state index contributed by atoms with van der Waals surface area (Å²) in [5, 5.41) is 11.6. The van der Waals surface area contributed by atoms with E-state index in [1.807, 2.05) is 13.0 Å². The van der Waals surface area contributed by atoms with Gasteiger partial charge in [0.1, 0.15) is 0 Å². The zero-order valence-electron chi connectivity index (χ0n) is 12.4. The van der Waals surface area contributed by atoms with Gasteiger partial charge in [0.2, 0.25) is 0 Å². The number of nitrogens with one attached hydrogen (secondary N) is 1. The van der Waals surface area contributed by atoms with Crippen LogP contribution in [0.15, 0.2) is 42.5 Å². The Bertz CT molecular complexity index is 720. The maximum atomic E-state index is 12.2. The lowest BCUT2D eigenvalue weighted by Crippen LogP contribution is -2.12. The van der Waals surface area contributed by atoms with Gasteiger partial charge in [-0.3, -0.25) is 4.79 Å². The lowest BCUT2D eigenvalue weighted by Gasteiger charge is -2.11. The second-order valence-electron chi connectivity index (χ2n) is 4.45. The number of amides is 1. The van der Waals surface area contributed by atoms with Gasteiger partial charge >= 0.3 is 0 Å². The van der Waals surface area contributed by atoms with Crippen molar-refractivity contribution in [2.45, 2.75) is 6.92 Å². The van der Waals surface area contributed by atoms with Crippen molar-refractivity contribution in [2.24, 2.45) is 0 Å². The van der Waals surface area contributed by atoms with Crippen LogP contribution in [-0.2, 0) is 0 Å². The molecule has 0 aliphatic carbocycles. The van der Waals surface area contributed by atoms with Gasteiger partial charge in [-0.15, -0.1) is 0 Å². The second kappa shape index (κ2) is 7.14. The van der Waals surface area contributed by atoms with Crippen LogP contribution < -0.4 is 14.8 Å². The number of hydrogen-bond acceptors (Lipinski definition) is 4. The van der Waals surface area contributed by atoms with Crippen LogP contribution in [0.5, 0.6) is 11.5 Å². The number of carbonyl (C=O) groups excluding carboxylic acids is 1. The Balaban J connectivity index is 2.19. The molecule has 1 N–H and O–H groups in total. The van der Waals surface area contributed by atoms with Crippen molar-refractivity contribution < 1.29 is 14.3 Å². The number of benzene rings is 2. The fourth-order valence-corrected chi connectivity index (χ4v) is 1.95. The third-order valence-corrected chi connectivity index (χ3v) is 2.98. The summed E-state index contributed by atoms with van der Waals surface area (Å²) in [5.74, 6) is 0.878. The van der Waals surface area contributed by atoms with Crippen molar-refractivity contribution in [3.8, 4) is 17.6 Å². The highest BCUT2D eigenvalue weighted by Gasteiger charge is 2.10. The van der Waals surface area contributed by atoms with Crippen LogP contribution in [0, 0.1) is 11.3 Å². The Kier molecular flexibility index (Phi) is 4.99. The van der Waals surface area contributed by atoms with Crippen LogP contribution >= 0.6 is 0 Å². The minimum Gasteiger partial charge on any atom is -0.493 e. The molecule has 112 valence electrons. The molecule has 1 amide bonds. The zero-order chi connectivity index (χ0) is 15.9. The number of nitrogens with zero attached hydrogens (tertiary/aromatic N) is 1. The molecule has 0 aromatic heterocycles. The van der Waals surface area contributed by atoms with Crippen molar-refractivity contribution in [1.82, 2.24) is 0 Å². The molecule has 0 heterocycles. The SMILES string of the molecule is CCOc1ccc(NC(=O)c2cccc(C#N)c2)cc1OC. The summed E-state index contributed by atoms with van der Waals surface area (Å²) in [6.45, 7) is 2.42. The third kappa shape index (κ3) is 3.55. The van der Waals surface area contributed by atoms with E-state index in [9.17, 15) is 4.79 Å². The first-order chi connectivity index (χ1) is 10.7. The summed E-state index contributed by atoms with van der Waals surface area (Å²) in [4.78, 5) is 12.2. The maximum Gasteiger partial charge on any atom is 0.255 e. The molecular weight excluding hydrogens is 280 g/mol. The number of hydrogen-bond donors (Lipinski definition) is 1. The van der Waals surface area contributed by atoms with E-state index in [0.29, 0.717) is 34.9 Å². The summed E-state index contributed by atoms with van der Waals surface area (Å²) in [6.07, 6.45) is 0. The van der Waals surface area contributed by atoms with E-state index < -0.39 is 0 Å². The fraction of sp³-hybridized carbons (Fsp3) is 0.176. The van der Waals surface area contributed by atoms with Crippen molar-refractivity contribution in [1.29, 1.82) is 5.26 Å². The summed E-state index contributed by atoms with van der Waals surface area (Å²) >= 11 is 0. The number of methoxy groups -OCH3 is 1. The Labute approximate surface area is 129 Å². The van der Waals surface area contributed by atoms with Crippen LogP contribution in [0.25, 0.3) is 0 Å². The average Bonchev–Trinajstić information content (AvgIpc) is 2.56. The first kappa shape index (κ1) is 15.4. The molecule has 5 nitrogen and oxygen atoms in total. The second-order valence-corrected chi connectivity index (χ2v) is 4.45. The third-order valence-electron chi connectivity index (χ3n) is 2.98. The maximum absolute atomic E-state index is 12.2. The number of carbonyl (C=O) groups is 1. The fourth-order valence-electron chi connectivity index (χ4n) is 1.95. The van der Waals surface area contributed by atoms with E-state index in [0.717, 1.165) is 0 Å². The van der Waals surface area contributed by atoms with E-state index >= 15 is 0 Å². The Morgan fingerprint density at radius 1 is 1.23 bits per heavy atom. The molecule has 22 heavy (non-hydrogen) atoms. The van der Waals surface area contributed by atoms with E-state index in [1.165, 1.54) is 0 Å². The molecule has 0 aliphatic rings. The molecule has 2 aromatic carbocycles. The lowest BCUT2D eigenvalue weighted by atomic mass is 10.1. The van der Waals surface area contributed by atoms with Gasteiger partial charge in [-0.1, -0.05) is 6.07 Å². The molecule has 0 aliphatic heterocycles. The molecule has 2 rings (SSSR count). The normalized spacial score (nSPS) is 9.68. The van der Waals surface area contributed by atoms with Crippen LogP contribution in [0.3, 0.4) is 0 Å². The molecule has 2 aromatic rings. The van der Waals surface area contributed by atoms with Gasteiger partial charge in [0.25, 0.3) is 5.91 Å². The van der Waals surface area contributed by atoms with Gasteiger partial charge in [-0.05, 0) is 37.3 Å². The molecular formula is C17H16N2O3. The van der Waals surface area contributed by atoms with Crippen molar-refractivity contribution >= 4 is 11.6 Å². The van der Waals surface area contributed by atoms with Gasteiger partial charge in [-0.2, -0.15) is 5.26 Å². The van der Waals surface area contributed by atoms with E-state index in [-0.39, 0.29) is 5.91 Å². The van der Waals surface area contributed by atoms with Crippen LogP contribution in [-0.4, -0.2) is 19.6 Å². The number of anilines is 1. The predicted molar refractivity (Wildman–Crippen MR) is 83.3 cm³/mol. The van der Waals surface area contributed by atoms with Crippen LogP contribution in [0.1, 0.15) is 22.8 Å². The van der Waals surface area contributed by atoms with Crippen LogP contribution in [0.2, 0.25) is 0 Å². The van der Waals surface area contributed by atoms with E-state index in [4.69, 9.17) is 14.7 Å². The van der Waals surface area contributed by atoms with Crippen LogP contribution in [0.4, 0.5) is 5.69 Å². The first-order valence-corrected chi connectivity index (χ1v) is 6.80. The molecule has 0 bridgehead atoms. The Hall–Kier alpha value is -3.00. The summed E-state index contributed by atoms with van der Waals surface area (Å²) in [7, 11) is 1.54.